The summed E-state index contributed by atoms with van der Waals surface area (Å²) >= 11 is 0. The summed E-state index contributed by atoms with van der Waals surface area (Å²) < 4.78 is 5.30. The first-order valence-corrected chi connectivity index (χ1v) is 10.2. The van der Waals surface area contributed by atoms with E-state index >= 15 is 0 Å². The van der Waals surface area contributed by atoms with Crippen molar-refractivity contribution in [2.75, 3.05) is 5.32 Å². The number of hydrogen-bond donors (Lipinski definition) is 2. The number of amides is 2. The first-order valence-electron chi connectivity index (χ1n) is 10.2. The van der Waals surface area contributed by atoms with Crippen LogP contribution in [0.1, 0.15) is 50.5 Å². The number of hydrogen-bond acceptors (Lipinski definition) is 5. The lowest BCUT2D eigenvalue weighted by atomic mass is 9.95. The second kappa shape index (κ2) is 10.5. The molecule has 0 aliphatic heterocycles. The Balaban J connectivity index is 2.09. The van der Waals surface area contributed by atoms with Crippen LogP contribution in [0.5, 0.6) is 0 Å². The molecule has 7 nitrogen and oxygen atoms in total. The summed E-state index contributed by atoms with van der Waals surface area (Å²) in [5.41, 5.74) is 0.969. The van der Waals surface area contributed by atoms with Gasteiger partial charge < -0.3 is 15.4 Å². The van der Waals surface area contributed by atoms with E-state index in [2.05, 4.69) is 10.6 Å². The maximum absolute atomic E-state index is 12.7. The van der Waals surface area contributed by atoms with Crippen LogP contribution in [0.2, 0.25) is 0 Å². The quantitative estimate of drug-likeness (QED) is 0.389. The van der Waals surface area contributed by atoms with Gasteiger partial charge in [0.2, 0.25) is 17.6 Å². The predicted octanol–water partition coefficient (Wildman–Crippen LogP) is 3.96. The number of esters is 1. The average Bonchev–Trinajstić information content (AvgIpc) is 2.73. The summed E-state index contributed by atoms with van der Waals surface area (Å²) in [6, 6.07) is 15.3. The predicted molar refractivity (Wildman–Crippen MR) is 123 cm³/mol. The Kier molecular flexibility index (Phi) is 8.07. The maximum Gasteiger partial charge on any atom is 0.355 e. The van der Waals surface area contributed by atoms with E-state index in [4.69, 9.17) is 4.74 Å². The standard InChI is InChI=1S/C25H28N2O5/c1-16(22(29)19-11-13-20(14-12-19)27-24(31)25(3,4)5)32-23(30)21(26-17(2)28)15-18-9-7-6-8-10-18/h6-16H,1-5H3,(H,26,28)(H,27,31)/b21-15-. The van der Waals surface area contributed by atoms with Crippen LogP contribution in [0.25, 0.3) is 6.08 Å². The number of benzene rings is 2. The topological polar surface area (TPSA) is 102 Å². The van der Waals surface area contributed by atoms with Gasteiger partial charge in [-0.05, 0) is 42.8 Å². The molecular weight excluding hydrogens is 408 g/mol. The smallest absolute Gasteiger partial charge is 0.355 e. The molecule has 2 aromatic carbocycles. The van der Waals surface area contributed by atoms with Crippen molar-refractivity contribution in [2.45, 2.75) is 40.7 Å². The highest BCUT2D eigenvalue weighted by molar-refractivity contribution is 6.03. The van der Waals surface area contributed by atoms with Crippen LogP contribution in [0.4, 0.5) is 5.69 Å². The van der Waals surface area contributed by atoms with Crippen molar-refractivity contribution >= 4 is 35.3 Å². The molecule has 1 unspecified atom stereocenters. The third kappa shape index (κ3) is 7.19. The van der Waals surface area contributed by atoms with Gasteiger partial charge in [-0.1, -0.05) is 51.1 Å². The van der Waals surface area contributed by atoms with Crippen molar-refractivity contribution in [1.29, 1.82) is 0 Å². The molecule has 0 aliphatic carbocycles. The lowest BCUT2D eigenvalue weighted by Gasteiger charge is -2.18. The zero-order chi connectivity index (χ0) is 23.9. The molecule has 32 heavy (non-hydrogen) atoms. The van der Waals surface area contributed by atoms with Gasteiger partial charge >= 0.3 is 5.97 Å². The molecule has 2 rings (SSSR count). The first kappa shape index (κ1) is 24.5. The van der Waals surface area contributed by atoms with Gasteiger partial charge in [0, 0.05) is 23.6 Å². The fraction of sp³-hybridized carbons (Fsp3) is 0.280. The van der Waals surface area contributed by atoms with Crippen LogP contribution >= 0.6 is 0 Å². The monoisotopic (exact) mass is 436 g/mol. The van der Waals surface area contributed by atoms with E-state index in [1.54, 1.807) is 69.3 Å². The summed E-state index contributed by atoms with van der Waals surface area (Å²) in [5, 5.41) is 5.23. The van der Waals surface area contributed by atoms with E-state index in [9.17, 15) is 19.2 Å². The molecule has 2 amide bonds. The Morgan fingerprint density at radius 2 is 1.53 bits per heavy atom. The molecule has 0 bridgehead atoms. The van der Waals surface area contributed by atoms with Gasteiger partial charge in [0.15, 0.2) is 6.10 Å². The van der Waals surface area contributed by atoms with E-state index in [1.807, 2.05) is 6.07 Å². The second-order valence-electron chi connectivity index (χ2n) is 8.34. The highest BCUT2D eigenvalue weighted by Gasteiger charge is 2.23. The molecule has 0 fully saturated rings. The summed E-state index contributed by atoms with van der Waals surface area (Å²) in [7, 11) is 0. The van der Waals surface area contributed by atoms with Crippen LogP contribution < -0.4 is 10.6 Å². The van der Waals surface area contributed by atoms with Crippen LogP contribution in [-0.2, 0) is 19.1 Å². The van der Waals surface area contributed by atoms with Gasteiger partial charge in [-0.2, -0.15) is 0 Å². The number of carbonyl (C=O) groups excluding carboxylic acids is 4. The molecule has 0 saturated carbocycles. The van der Waals surface area contributed by atoms with Gasteiger partial charge in [-0.3, -0.25) is 14.4 Å². The van der Waals surface area contributed by atoms with Crippen molar-refractivity contribution in [3.8, 4) is 0 Å². The molecule has 0 aliphatic rings. The molecule has 0 spiro atoms. The van der Waals surface area contributed by atoms with Crippen molar-refractivity contribution in [1.82, 2.24) is 5.32 Å². The first-order chi connectivity index (χ1) is 15.0. The molecule has 0 heterocycles. The lowest BCUT2D eigenvalue weighted by molar-refractivity contribution is -0.142. The fourth-order valence-electron chi connectivity index (χ4n) is 2.60. The molecule has 0 saturated heterocycles. The second-order valence-corrected chi connectivity index (χ2v) is 8.34. The number of ketones is 1. The van der Waals surface area contributed by atoms with Gasteiger partial charge in [-0.25, -0.2) is 4.79 Å². The summed E-state index contributed by atoms with van der Waals surface area (Å²) in [4.78, 5) is 48.9. The van der Waals surface area contributed by atoms with Gasteiger partial charge in [0.1, 0.15) is 5.70 Å². The lowest BCUT2D eigenvalue weighted by Crippen LogP contribution is -2.31. The summed E-state index contributed by atoms with van der Waals surface area (Å²) in [6.45, 7) is 8.15. The maximum atomic E-state index is 12.7. The van der Waals surface area contributed by atoms with Gasteiger partial charge in [0.05, 0.1) is 0 Å². The minimum atomic E-state index is -1.08. The Morgan fingerprint density at radius 1 is 0.938 bits per heavy atom. The molecular formula is C25H28N2O5. The SMILES string of the molecule is CC(=O)N/C(=C\c1ccccc1)C(=O)OC(C)C(=O)c1ccc(NC(=O)C(C)(C)C)cc1. The van der Waals surface area contributed by atoms with Crippen LogP contribution in [0.15, 0.2) is 60.3 Å². The molecule has 2 aromatic rings. The Labute approximate surface area is 187 Å². The molecule has 0 radical (unpaired) electrons. The van der Waals surface area contributed by atoms with Crippen LogP contribution in [0.3, 0.4) is 0 Å². The number of ether oxygens (including phenoxy) is 1. The summed E-state index contributed by atoms with van der Waals surface area (Å²) in [6.07, 6.45) is 0.401. The van der Waals surface area contributed by atoms with Crippen LogP contribution in [0, 0.1) is 5.41 Å². The van der Waals surface area contributed by atoms with E-state index in [0.29, 0.717) is 16.8 Å². The minimum Gasteiger partial charge on any atom is -0.450 e. The zero-order valence-corrected chi connectivity index (χ0v) is 18.9. The van der Waals surface area contributed by atoms with E-state index in [1.165, 1.54) is 19.9 Å². The number of nitrogens with one attached hydrogen (secondary N) is 2. The highest BCUT2D eigenvalue weighted by Crippen LogP contribution is 2.19. The van der Waals surface area contributed by atoms with Crippen molar-refractivity contribution in [2.24, 2.45) is 5.41 Å². The van der Waals surface area contributed by atoms with E-state index < -0.39 is 29.2 Å². The molecule has 0 aromatic heterocycles. The molecule has 168 valence electrons. The fourth-order valence-corrected chi connectivity index (χ4v) is 2.60. The van der Waals surface area contributed by atoms with E-state index in [-0.39, 0.29) is 11.6 Å². The Hall–Kier alpha value is -3.74. The highest BCUT2D eigenvalue weighted by atomic mass is 16.5. The third-order valence-corrected chi connectivity index (χ3v) is 4.40. The molecule has 7 heteroatoms. The number of carbonyl (C=O) groups is 4. The molecule has 2 N–H and O–H groups in total. The van der Waals surface area contributed by atoms with Crippen LogP contribution in [-0.4, -0.2) is 29.7 Å². The molecule has 1 atom stereocenters. The van der Waals surface area contributed by atoms with E-state index in [0.717, 1.165) is 0 Å². The normalized spacial score (nSPS) is 12.5. The summed E-state index contributed by atoms with van der Waals surface area (Å²) in [5.74, 6) is -1.81. The number of rotatable bonds is 7. The number of Topliss-reactive ketones (excluding diaryl/α,β-unsaturated/α-hetero) is 1. The number of anilines is 1. The van der Waals surface area contributed by atoms with Crippen molar-refractivity contribution in [3.63, 3.8) is 0 Å². The third-order valence-electron chi connectivity index (χ3n) is 4.40. The largest absolute Gasteiger partial charge is 0.450 e. The van der Waals surface area contributed by atoms with Crippen molar-refractivity contribution in [3.05, 3.63) is 71.4 Å². The Bertz CT molecular complexity index is 1020. The zero-order valence-electron chi connectivity index (χ0n) is 18.9. The minimum absolute atomic E-state index is 0.0661. The van der Waals surface area contributed by atoms with Gasteiger partial charge in [-0.15, -0.1) is 0 Å². The van der Waals surface area contributed by atoms with Crippen molar-refractivity contribution < 1.29 is 23.9 Å². The Morgan fingerprint density at radius 3 is 2.06 bits per heavy atom. The van der Waals surface area contributed by atoms with Gasteiger partial charge in [0.25, 0.3) is 0 Å². The average molecular weight is 437 g/mol.